The zero-order valence-corrected chi connectivity index (χ0v) is 4.49. The van der Waals surface area contributed by atoms with Gasteiger partial charge in [-0.1, -0.05) is 6.92 Å². The van der Waals surface area contributed by atoms with E-state index in [1.807, 2.05) is 6.92 Å². The normalized spacial score (nSPS) is 9.00. The van der Waals surface area contributed by atoms with Crippen LogP contribution in [0.5, 0.6) is 0 Å². The van der Waals surface area contributed by atoms with Crippen LogP contribution in [0.4, 0.5) is 0 Å². The van der Waals surface area contributed by atoms with Crippen molar-refractivity contribution in [3.8, 4) is 0 Å². The zero-order valence-electron chi connectivity index (χ0n) is 3.68. The van der Waals surface area contributed by atoms with Crippen molar-refractivity contribution in [1.29, 1.82) is 0 Å². The van der Waals surface area contributed by atoms with Crippen molar-refractivity contribution in [2.75, 3.05) is 11.7 Å². The van der Waals surface area contributed by atoms with Crippen LogP contribution in [0.1, 0.15) is 6.92 Å². The summed E-state index contributed by atoms with van der Waals surface area (Å²) in [6, 6.07) is 0. The molecule has 0 fully saturated rings. The second-order valence-corrected chi connectivity index (χ2v) is 1.96. The first-order valence-electron chi connectivity index (χ1n) is 1.76. The van der Waals surface area contributed by atoms with E-state index in [9.17, 15) is 0 Å². The maximum Gasteiger partial charge on any atom is 0.127 e. The summed E-state index contributed by atoms with van der Waals surface area (Å²) >= 11 is 1.54. The molecule has 6 heavy (non-hydrogen) atoms. The average Bonchev–Trinajstić information content (AvgIpc) is 1.61. The van der Waals surface area contributed by atoms with Crippen molar-refractivity contribution in [1.82, 2.24) is 0 Å². The van der Waals surface area contributed by atoms with Gasteiger partial charge < -0.3 is 0 Å². The fraction of sp³-hybridized carbons (Fsp3) is 1.00. The molecule has 0 heterocycles. The van der Waals surface area contributed by atoms with Crippen LogP contribution in [-0.4, -0.2) is 16.9 Å². The number of rotatable bonds is 3. The molecule has 0 aliphatic rings. The quantitative estimate of drug-likeness (QED) is 0.255. The Morgan fingerprint density at radius 2 is 2.50 bits per heavy atom. The molecule has 0 bridgehead atoms. The predicted octanol–water partition coefficient (Wildman–Crippen LogP) is 1.19. The summed E-state index contributed by atoms with van der Waals surface area (Å²) in [5.74, 6) is 1.37. The molecule has 0 aliphatic heterocycles. The highest BCUT2D eigenvalue weighted by molar-refractivity contribution is 7.99. The lowest BCUT2D eigenvalue weighted by molar-refractivity contribution is -0.222. The minimum atomic E-state index is 0.385. The van der Waals surface area contributed by atoms with Gasteiger partial charge in [-0.15, -0.1) is 11.8 Å². The van der Waals surface area contributed by atoms with Crippen LogP contribution in [0, 0.1) is 0 Å². The molecule has 3 heteroatoms. The summed E-state index contributed by atoms with van der Waals surface area (Å²) in [6.45, 7) is 2.00. The lowest BCUT2D eigenvalue weighted by Crippen LogP contribution is -1.80. The van der Waals surface area contributed by atoms with E-state index < -0.39 is 0 Å². The van der Waals surface area contributed by atoms with Gasteiger partial charge >= 0.3 is 0 Å². The van der Waals surface area contributed by atoms with E-state index in [1.54, 1.807) is 0 Å². The van der Waals surface area contributed by atoms with Gasteiger partial charge in [-0.05, 0) is 5.75 Å². The third-order valence-corrected chi connectivity index (χ3v) is 1.02. The SMILES string of the molecule is CCSCOO. The van der Waals surface area contributed by atoms with Gasteiger partial charge in [-0.2, -0.15) is 0 Å². The van der Waals surface area contributed by atoms with Gasteiger partial charge in [0.05, 0.1) is 0 Å². The first kappa shape index (κ1) is 6.27. The van der Waals surface area contributed by atoms with Crippen molar-refractivity contribution in [3.05, 3.63) is 0 Å². The van der Waals surface area contributed by atoms with Crippen LogP contribution in [0.15, 0.2) is 0 Å². The molecule has 0 aromatic rings. The van der Waals surface area contributed by atoms with E-state index in [2.05, 4.69) is 4.89 Å². The molecular formula is C3H8O2S. The van der Waals surface area contributed by atoms with Gasteiger partial charge in [0.2, 0.25) is 0 Å². The molecule has 0 spiro atoms. The Balaban J connectivity index is 2.34. The second-order valence-electron chi connectivity index (χ2n) is 0.740. The molecule has 0 saturated heterocycles. The lowest BCUT2D eigenvalue weighted by Gasteiger charge is -1.87. The topological polar surface area (TPSA) is 29.5 Å². The molecule has 0 aromatic carbocycles. The summed E-state index contributed by atoms with van der Waals surface area (Å²) < 4.78 is 0. The Labute approximate surface area is 41.4 Å². The van der Waals surface area contributed by atoms with E-state index in [0.29, 0.717) is 5.94 Å². The molecule has 1 N–H and O–H groups in total. The number of hydrogen-bond acceptors (Lipinski definition) is 3. The largest absolute Gasteiger partial charge is 0.251 e. The summed E-state index contributed by atoms with van der Waals surface area (Å²) in [4.78, 5) is 3.75. The molecule has 0 aromatic heterocycles. The smallest absolute Gasteiger partial charge is 0.127 e. The van der Waals surface area contributed by atoms with Gasteiger partial charge in [0.1, 0.15) is 5.94 Å². The predicted molar refractivity (Wildman–Crippen MR) is 26.7 cm³/mol. The Hall–Kier alpha value is 0.270. The molecule has 0 radical (unpaired) electrons. The summed E-state index contributed by atoms with van der Waals surface area (Å²) in [7, 11) is 0. The van der Waals surface area contributed by atoms with Gasteiger partial charge in [0, 0.05) is 0 Å². The second kappa shape index (κ2) is 5.27. The van der Waals surface area contributed by atoms with Gasteiger partial charge in [-0.25, -0.2) is 4.89 Å². The maximum absolute atomic E-state index is 7.68. The van der Waals surface area contributed by atoms with Crippen LogP contribution >= 0.6 is 11.8 Å². The first-order chi connectivity index (χ1) is 2.91. The summed E-state index contributed by atoms with van der Waals surface area (Å²) in [6.07, 6.45) is 0. The minimum Gasteiger partial charge on any atom is -0.251 e. The standard InChI is InChI=1S/C3H8O2S/c1-2-6-3-5-4/h4H,2-3H2,1H3. The van der Waals surface area contributed by atoms with Crippen LogP contribution in [0.3, 0.4) is 0 Å². The fourth-order valence-corrected chi connectivity index (χ4v) is 0.362. The third-order valence-electron chi connectivity index (χ3n) is 0.340. The van der Waals surface area contributed by atoms with E-state index >= 15 is 0 Å². The molecule has 0 atom stereocenters. The molecule has 38 valence electrons. The first-order valence-corrected chi connectivity index (χ1v) is 2.91. The van der Waals surface area contributed by atoms with E-state index in [-0.39, 0.29) is 0 Å². The van der Waals surface area contributed by atoms with Crippen LogP contribution in [0.2, 0.25) is 0 Å². The molecule has 0 unspecified atom stereocenters. The highest BCUT2D eigenvalue weighted by Crippen LogP contribution is 1.94. The van der Waals surface area contributed by atoms with E-state index in [1.165, 1.54) is 11.8 Å². The molecule has 2 nitrogen and oxygen atoms in total. The average molecular weight is 108 g/mol. The Bertz CT molecular complexity index is 20.8. The highest BCUT2D eigenvalue weighted by Gasteiger charge is 1.75. The van der Waals surface area contributed by atoms with Crippen molar-refractivity contribution in [2.24, 2.45) is 0 Å². The van der Waals surface area contributed by atoms with Crippen LogP contribution < -0.4 is 0 Å². The van der Waals surface area contributed by atoms with Crippen molar-refractivity contribution in [3.63, 3.8) is 0 Å². The zero-order chi connectivity index (χ0) is 4.83. The summed E-state index contributed by atoms with van der Waals surface area (Å²) in [5, 5.41) is 7.68. The third kappa shape index (κ3) is 4.27. The molecule has 0 amide bonds. The molecular weight excluding hydrogens is 100 g/mol. The fourth-order valence-electron chi connectivity index (χ4n) is 0.121. The lowest BCUT2D eigenvalue weighted by atomic mass is 11.0. The van der Waals surface area contributed by atoms with E-state index in [4.69, 9.17) is 5.26 Å². The minimum absolute atomic E-state index is 0.385. The van der Waals surface area contributed by atoms with Crippen molar-refractivity contribution in [2.45, 2.75) is 6.92 Å². The summed E-state index contributed by atoms with van der Waals surface area (Å²) in [5.41, 5.74) is 0. The highest BCUT2D eigenvalue weighted by atomic mass is 32.2. The monoisotopic (exact) mass is 108 g/mol. The molecule has 0 aliphatic carbocycles. The van der Waals surface area contributed by atoms with Crippen molar-refractivity contribution < 1.29 is 10.1 Å². The van der Waals surface area contributed by atoms with Gasteiger partial charge in [0.15, 0.2) is 0 Å². The van der Waals surface area contributed by atoms with Crippen molar-refractivity contribution >= 4 is 11.8 Å². The van der Waals surface area contributed by atoms with Crippen LogP contribution in [-0.2, 0) is 4.89 Å². The van der Waals surface area contributed by atoms with Gasteiger partial charge in [0.25, 0.3) is 0 Å². The number of thioether (sulfide) groups is 1. The van der Waals surface area contributed by atoms with E-state index in [0.717, 1.165) is 5.75 Å². The maximum atomic E-state index is 7.68. The number of hydrogen-bond donors (Lipinski definition) is 1. The Kier molecular flexibility index (Phi) is 5.51. The Morgan fingerprint density at radius 3 is 2.67 bits per heavy atom. The molecule has 0 saturated carbocycles. The van der Waals surface area contributed by atoms with Gasteiger partial charge in [-0.3, -0.25) is 5.26 Å². The molecule has 0 rings (SSSR count). The van der Waals surface area contributed by atoms with Crippen LogP contribution in [0.25, 0.3) is 0 Å². The Morgan fingerprint density at radius 1 is 1.83 bits per heavy atom.